The summed E-state index contributed by atoms with van der Waals surface area (Å²) in [6.45, 7) is 2.30. The summed E-state index contributed by atoms with van der Waals surface area (Å²) in [7, 11) is 1.88. The van der Waals surface area contributed by atoms with Gasteiger partial charge in [-0.05, 0) is 50.2 Å². The zero-order valence-electron chi connectivity index (χ0n) is 18.1. The molecule has 31 heavy (non-hydrogen) atoms. The number of thiocarbonyl (C=S) groups is 1. The molecule has 1 heterocycles. The number of rotatable bonds is 3. The maximum atomic E-state index is 11.1. The molecule has 1 aliphatic heterocycles. The number of aliphatic imine (C=N–C) groups is 1. The highest BCUT2D eigenvalue weighted by Gasteiger charge is 2.34. The first-order valence-corrected chi connectivity index (χ1v) is 11.9. The number of benzene rings is 1. The lowest BCUT2D eigenvalue weighted by Crippen LogP contribution is -2.53. The molecule has 3 atom stereocenters. The molecule has 1 aromatic carbocycles. The predicted molar refractivity (Wildman–Crippen MR) is 131 cm³/mol. The Kier molecular flexibility index (Phi) is 6.99. The largest absolute Gasteiger partial charge is 0.370 e. The molecule has 0 amide bonds. The van der Waals surface area contributed by atoms with Crippen molar-refractivity contribution in [2.75, 3.05) is 7.05 Å². The number of aliphatic hydroxyl groups excluding tert-OH is 1. The van der Waals surface area contributed by atoms with Crippen LogP contribution in [0.1, 0.15) is 44.6 Å². The van der Waals surface area contributed by atoms with Gasteiger partial charge in [0.15, 0.2) is 17.5 Å². The van der Waals surface area contributed by atoms with Crippen molar-refractivity contribution in [2.45, 2.75) is 62.8 Å². The third-order valence-corrected chi connectivity index (χ3v) is 6.96. The van der Waals surface area contributed by atoms with E-state index in [0.717, 1.165) is 47.7 Å². The molecule has 1 aromatic rings. The van der Waals surface area contributed by atoms with Crippen molar-refractivity contribution < 1.29 is 5.11 Å². The first-order chi connectivity index (χ1) is 14.9. The van der Waals surface area contributed by atoms with Gasteiger partial charge in [0.2, 0.25) is 0 Å². The number of allylic oxidation sites excluding steroid dienone is 3. The first kappa shape index (κ1) is 22.3. The van der Waals surface area contributed by atoms with Gasteiger partial charge in [0.05, 0.1) is 11.1 Å². The highest BCUT2D eigenvalue weighted by molar-refractivity contribution is 7.80. The molecule has 5 nitrogen and oxygen atoms in total. The van der Waals surface area contributed by atoms with Crippen molar-refractivity contribution >= 4 is 34.6 Å². The van der Waals surface area contributed by atoms with Gasteiger partial charge in [0.1, 0.15) is 0 Å². The second-order valence-corrected chi connectivity index (χ2v) is 9.78. The molecule has 0 bridgehead atoms. The van der Waals surface area contributed by atoms with Crippen molar-refractivity contribution in [1.29, 1.82) is 0 Å². The van der Waals surface area contributed by atoms with E-state index >= 15 is 0 Å². The summed E-state index contributed by atoms with van der Waals surface area (Å²) in [5.41, 5.74) is 3.69. The van der Waals surface area contributed by atoms with Gasteiger partial charge in [-0.15, -0.1) is 11.6 Å². The third-order valence-electron chi connectivity index (χ3n) is 6.42. The van der Waals surface area contributed by atoms with E-state index in [1.807, 2.05) is 48.4 Å². The van der Waals surface area contributed by atoms with E-state index in [-0.39, 0.29) is 5.38 Å². The Morgan fingerprint density at radius 2 is 1.87 bits per heavy atom. The fourth-order valence-corrected chi connectivity index (χ4v) is 5.03. The van der Waals surface area contributed by atoms with Crippen LogP contribution in [-0.2, 0) is 0 Å². The van der Waals surface area contributed by atoms with Crippen molar-refractivity contribution in [2.24, 2.45) is 10.9 Å². The fraction of sp³-hybridized carbons (Fsp3) is 0.500. The molecule has 3 N–H and O–H groups in total. The topological polar surface area (TPSA) is 59.9 Å². The second kappa shape index (κ2) is 9.72. The molecule has 3 unspecified atom stereocenters. The summed E-state index contributed by atoms with van der Waals surface area (Å²) in [6, 6.07) is 10.4. The van der Waals surface area contributed by atoms with Gasteiger partial charge >= 0.3 is 0 Å². The summed E-state index contributed by atoms with van der Waals surface area (Å²) in [5.74, 6) is 0.783. The Bertz CT molecular complexity index is 892. The number of hydrogen-bond donors (Lipinski definition) is 3. The molecule has 3 aliphatic rings. The quantitative estimate of drug-likeness (QED) is 0.473. The van der Waals surface area contributed by atoms with Crippen LogP contribution in [0, 0.1) is 5.92 Å². The number of aliphatic hydroxyl groups is 1. The second-order valence-electron chi connectivity index (χ2n) is 8.81. The third kappa shape index (κ3) is 5.13. The minimum Gasteiger partial charge on any atom is -0.370 e. The van der Waals surface area contributed by atoms with Gasteiger partial charge in [0.25, 0.3) is 0 Å². The average molecular weight is 459 g/mol. The van der Waals surface area contributed by atoms with Crippen LogP contribution in [-0.4, -0.2) is 51.7 Å². The molecule has 1 saturated carbocycles. The van der Waals surface area contributed by atoms with E-state index in [9.17, 15) is 5.11 Å². The molecular formula is C24H31ClN4OS. The summed E-state index contributed by atoms with van der Waals surface area (Å²) >= 11 is 12.1. The van der Waals surface area contributed by atoms with Crippen LogP contribution in [0.4, 0.5) is 0 Å². The lowest BCUT2D eigenvalue weighted by molar-refractivity contribution is 0.0236. The van der Waals surface area contributed by atoms with Crippen LogP contribution in [0.5, 0.6) is 0 Å². The highest BCUT2D eigenvalue weighted by atomic mass is 35.5. The lowest BCUT2D eigenvalue weighted by Gasteiger charge is -2.33. The van der Waals surface area contributed by atoms with E-state index in [1.54, 1.807) is 0 Å². The Balaban J connectivity index is 1.61. The number of hydrogen-bond acceptors (Lipinski definition) is 4. The molecule has 1 fully saturated rings. The Labute approximate surface area is 195 Å². The smallest absolute Gasteiger partial charge is 0.168 e. The van der Waals surface area contributed by atoms with E-state index < -0.39 is 12.4 Å². The molecule has 0 aromatic heterocycles. The Hall–Kier alpha value is -1.89. The molecule has 0 spiro atoms. The number of halogens is 1. The molecule has 0 radical (unpaired) electrons. The zero-order chi connectivity index (χ0) is 22.0. The van der Waals surface area contributed by atoms with Gasteiger partial charge < -0.3 is 20.6 Å². The SMILES string of the molecule is CC1CCC(NC(=S)NC2N=C(c3ccccc3)C3=CC(Cl)CC=C3N(C)C2O)CC1. The van der Waals surface area contributed by atoms with E-state index in [4.69, 9.17) is 28.8 Å². The molecule has 4 rings (SSSR count). The summed E-state index contributed by atoms with van der Waals surface area (Å²) in [4.78, 5) is 6.82. The van der Waals surface area contributed by atoms with Crippen LogP contribution in [0.3, 0.4) is 0 Å². The molecule has 7 heteroatoms. The zero-order valence-corrected chi connectivity index (χ0v) is 19.7. The molecule has 166 valence electrons. The lowest BCUT2D eigenvalue weighted by atomic mass is 9.87. The van der Waals surface area contributed by atoms with Gasteiger partial charge in [-0.3, -0.25) is 4.99 Å². The number of fused-ring (bicyclic) bond motifs is 1. The number of nitrogens with zero attached hydrogens (tertiary/aromatic N) is 2. The summed E-state index contributed by atoms with van der Waals surface area (Å²) < 4.78 is 0. The Morgan fingerprint density at radius 3 is 2.58 bits per heavy atom. The van der Waals surface area contributed by atoms with E-state index in [1.165, 1.54) is 12.8 Å². The monoisotopic (exact) mass is 458 g/mol. The van der Waals surface area contributed by atoms with Gasteiger partial charge in [0, 0.05) is 29.9 Å². The summed E-state index contributed by atoms with van der Waals surface area (Å²) in [6.07, 6.45) is 8.03. The minimum atomic E-state index is -0.867. The maximum Gasteiger partial charge on any atom is 0.168 e. The van der Waals surface area contributed by atoms with Crippen LogP contribution in [0.2, 0.25) is 0 Å². The van der Waals surface area contributed by atoms with Gasteiger partial charge in [-0.1, -0.05) is 49.4 Å². The summed E-state index contributed by atoms with van der Waals surface area (Å²) in [5, 5.41) is 18.3. The molecule has 0 saturated heterocycles. The highest BCUT2D eigenvalue weighted by Crippen LogP contribution is 2.32. The van der Waals surface area contributed by atoms with Crippen molar-refractivity contribution in [3.05, 3.63) is 59.3 Å². The van der Waals surface area contributed by atoms with E-state index in [0.29, 0.717) is 11.2 Å². The average Bonchev–Trinajstić information content (AvgIpc) is 2.86. The number of likely N-dealkylation sites (N-methyl/N-ethyl adjacent to an activating group) is 1. The molecular weight excluding hydrogens is 428 g/mol. The van der Waals surface area contributed by atoms with Crippen LogP contribution >= 0.6 is 23.8 Å². The van der Waals surface area contributed by atoms with Gasteiger partial charge in [-0.25, -0.2) is 0 Å². The standard InChI is InChI=1S/C24H31ClN4OS/c1-15-8-11-18(12-9-15)26-24(31)28-22-23(30)29(2)20-13-10-17(25)14-19(20)21(27-22)16-6-4-3-5-7-16/h3-7,13-15,17-18,22-23,30H,8-12H2,1-2H3,(H2,26,28,31). The van der Waals surface area contributed by atoms with Crippen LogP contribution in [0.25, 0.3) is 0 Å². The van der Waals surface area contributed by atoms with Crippen LogP contribution in [0.15, 0.2) is 58.7 Å². The van der Waals surface area contributed by atoms with Crippen molar-refractivity contribution in [1.82, 2.24) is 15.5 Å². The number of nitrogens with one attached hydrogen (secondary N) is 2. The van der Waals surface area contributed by atoms with Gasteiger partial charge in [-0.2, -0.15) is 0 Å². The first-order valence-electron chi connectivity index (χ1n) is 11.1. The Morgan fingerprint density at radius 1 is 1.16 bits per heavy atom. The number of alkyl halides is 1. The van der Waals surface area contributed by atoms with Crippen molar-refractivity contribution in [3.8, 4) is 0 Å². The minimum absolute atomic E-state index is 0.0980. The predicted octanol–water partition coefficient (Wildman–Crippen LogP) is 3.93. The fourth-order valence-electron chi connectivity index (χ4n) is 4.53. The normalized spacial score (nSPS) is 30.9. The maximum absolute atomic E-state index is 11.1. The van der Waals surface area contributed by atoms with E-state index in [2.05, 4.69) is 23.6 Å². The molecule has 2 aliphatic carbocycles. The van der Waals surface area contributed by atoms with Crippen molar-refractivity contribution in [3.63, 3.8) is 0 Å². The van der Waals surface area contributed by atoms with Crippen LogP contribution < -0.4 is 10.6 Å².